The molecule has 0 fully saturated rings. The van der Waals surface area contributed by atoms with Gasteiger partial charge < -0.3 is 14.5 Å². The zero-order valence-electron chi connectivity index (χ0n) is 9.56. The third kappa shape index (κ3) is 2.57. The number of ether oxygens (including phenoxy) is 2. The maximum Gasteiger partial charge on any atom is 0.414 e. The lowest BCUT2D eigenvalue weighted by molar-refractivity contribution is -0.179. The Morgan fingerprint density at radius 2 is 1.57 bits per heavy atom. The molecule has 0 aliphatic carbocycles. The standard InChI is InChI=1S/C10H3Cl5F2N2O2/c11-8(12,13)7-18-3-1-5-6(2-4(3)19-7)21-10(15,17)9(14,16)20-5/h1-2H,(H,18,19). The Bertz CT molecular complexity index is 675. The lowest BCUT2D eigenvalue weighted by atomic mass is 10.2. The summed E-state index contributed by atoms with van der Waals surface area (Å²) in [5.41, 5.74) is 0.610. The normalized spacial score (nSPS) is 28.9. The number of rotatable bonds is 0. The first-order valence-corrected chi connectivity index (χ1v) is 7.13. The van der Waals surface area contributed by atoms with Crippen molar-refractivity contribution in [3.63, 3.8) is 0 Å². The lowest BCUT2D eigenvalue weighted by Gasteiger charge is -2.34. The fourth-order valence-electron chi connectivity index (χ4n) is 1.71. The van der Waals surface area contributed by atoms with E-state index in [-0.39, 0.29) is 22.8 Å². The Morgan fingerprint density at radius 1 is 1.05 bits per heavy atom. The Balaban J connectivity index is 2.14. The second-order valence-electron chi connectivity index (χ2n) is 4.14. The highest BCUT2D eigenvalue weighted by atomic mass is 35.6. The average Bonchev–Trinajstić information content (AvgIpc) is 2.69. The summed E-state index contributed by atoms with van der Waals surface area (Å²) in [5.74, 6) is -0.371. The van der Waals surface area contributed by atoms with Crippen LogP contribution in [0, 0.1) is 0 Å². The first-order valence-electron chi connectivity index (χ1n) is 5.24. The molecule has 2 atom stereocenters. The van der Waals surface area contributed by atoms with Crippen LogP contribution in [0.3, 0.4) is 0 Å². The fraction of sp³-hybridized carbons (Fsp3) is 0.300. The molecule has 1 aromatic carbocycles. The highest BCUT2D eigenvalue weighted by Gasteiger charge is 2.60. The number of H-pyrrole nitrogens is 1. The molecule has 2 unspecified atom stereocenters. The molecule has 4 nitrogen and oxygen atoms in total. The molecule has 0 radical (unpaired) electrons. The number of aromatic amines is 1. The van der Waals surface area contributed by atoms with Gasteiger partial charge in [-0.2, -0.15) is 8.78 Å². The summed E-state index contributed by atoms with van der Waals surface area (Å²) in [5, 5.41) is -6.79. The van der Waals surface area contributed by atoms with Crippen molar-refractivity contribution in [2.75, 3.05) is 0 Å². The summed E-state index contributed by atoms with van der Waals surface area (Å²) < 4.78 is 35.0. The maximum atomic E-state index is 13.7. The number of fused-ring (bicyclic) bond motifs is 2. The predicted molar refractivity (Wildman–Crippen MR) is 76.0 cm³/mol. The van der Waals surface area contributed by atoms with E-state index in [1.807, 2.05) is 0 Å². The van der Waals surface area contributed by atoms with Gasteiger partial charge in [-0.1, -0.05) is 34.8 Å². The SMILES string of the molecule is FC1(Cl)Oc2cc3nc(C(Cl)(Cl)Cl)[nH]c3cc2OC1(F)Cl. The van der Waals surface area contributed by atoms with Gasteiger partial charge in [0.05, 0.1) is 11.0 Å². The molecule has 1 aliphatic rings. The van der Waals surface area contributed by atoms with E-state index in [1.165, 1.54) is 12.1 Å². The lowest BCUT2D eigenvalue weighted by Crippen LogP contribution is -2.50. The van der Waals surface area contributed by atoms with E-state index in [4.69, 9.17) is 58.0 Å². The van der Waals surface area contributed by atoms with Crippen molar-refractivity contribution in [2.24, 2.45) is 0 Å². The number of alkyl halides is 7. The quantitative estimate of drug-likeness (QED) is 0.643. The number of hydrogen-bond donors (Lipinski definition) is 1. The number of nitrogens with zero attached hydrogens (tertiary/aromatic N) is 1. The summed E-state index contributed by atoms with van der Waals surface area (Å²) >= 11 is 27.5. The van der Waals surface area contributed by atoms with Crippen molar-refractivity contribution in [1.82, 2.24) is 9.97 Å². The molecule has 11 heteroatoms. The number of imidazole rings is 1. The van der Waals surface area contributed by atoms with E-state index in [2.05, 4.69) is 19.4 Å². The van der Waals surface area contributed by atoms with Crippen LogP contribution in [0.2, 0.25) is 0 Å². The van der Waals surface area contributed by atoms with Crippen molar-refractivity contribution >= 4 is 69.0 Å². The smallest absolute Gasteiger partial charge is 0.414 e. The molecule has 21 heavy (non-hydrogen) atoms. The predicted octanol–water partition coefficient (Wildman–Crippen LogP) is 4.88. The summed E-state index contributed by atoms with van der Waals surface area (Å²) in [7, 11) is 0. The molecule has 2 heterocycles. The van der Waals surface area contributed by atoms with Crippen LogP contribution in [-0.4, -0.2) is 20.6 Å². The van der Waals surface area contributed by atoms with Crippen LogP contribution in [0.5, 0.6) is 11.5 Å². The number of nitrogens with one attached hydrogen (secondary N) is 1. The molecule has 0 bridgehead atoms. The maximum absolute atomic E-state index is 13.7. The minimum atomic E-state index is -3.40. The Labute approximate surface area is 141 Å². The fourth-order valence-corrected chi connectivity index (χ4v) is 2.22. The molecule has 3 rings (SSSR count). The van der Waals surface area contributed by atoms with Crippen LogP contribution in [0.15, 0.2) is 12.1 Å². The van der Waals surface area contributed by atoms with E-state index in [1.54, 1.807) is 0 Å². The number of aromatic nitrogens is 2. The van der Waals surface area contributed by atoms with Gasteiger partial charge >= 0.3 is 10.6 Å². The van der Waals surface area contributed by atoms with Crippen molar-refractivity contribution < 1.29 is 18.3 Å². The van der Waals surface area contributed by atoms with Gasteiger partial charge in [0.1, 0.15) is 0 Å². The topological polar surface area (TPSA) is 47.1 Å². The van der Waals surface area contributed by atoms with Crippen LogP contribution in [0.4, 0.5) is 8.78 Å². The molecule has 1 aromatic heterocycles. The summed E-state index contributed by atoms with van der Waals surface area (Å²) in [6, 6.07) is 2.50. The van der Waals surface area contributed by atoms with Crippen LogP contribution in [0.25, 0.3) is 11.0 Å². The largest absolute Gasteiger partial charge is 0.435 e. The second-order valence-corrected chi connectivity index (χ2v) is 7.39. The molecular formula is C10H3Cl5F2N2O2. The minimum Gasteiger partial charge on any atom is -0.435 e. The average molecular weight is 398 g/mol. The van der Waals surface area contributed by atoms with Crippen LogP contribution in [0.1, 0.15) is 5.82 Å². The number of benzene rings is 1. The van der Waals surface area contributed by atoms with E-state index in [9.17, 15) is 8.78 Å². The molecule has 1 N–H and O–H groups in total. The highest BCUT2D eigenvalue weighted by molar-refractivity contribution is 6.66. The molecule has 2 aromatic rings. The third-order valence-corrected chi connectivity index (χ3v) is 3.91. The van der Waals surface area contributed by atoms with Crippen molar-refractivity contribution in [3.8, 4) is 11.5 Å². The van der Waals surface area contributed by atoms with Crippen molar-refractivity contribution in [2.45, 2.75) is 14.4 Å². The molecular weight excluding hydrogens is 395 g/mol. The van der Waals surface area contributed by atoms with E-state index < -0.39 is 14.4 Å². The Hall–Kier alpha value is -0.400. The molecule has 0 spiro atoms. The third-order valence-electron chi connectivity index (χ3n) is 2.63. The van der Waals surface area contributed by atoms with Gasteiger partial charge in [-0.25, -0.2) is 4.98 Å². The van der Waals surface area contributed by atoms with Crippen molar-refractivity contribution in [1.29, 1.82) is 0 Å². The zero-order valence-corrected chi connectivity index (χ0v) is 13.3. The van der Waals surface area contributed by atoms with Crippen molar-refractivity contribution in [3.05, 3.63) is 18.0 Å². The molecule has 1 aliphatic heterocycles. The molecule has 0 saturated heterocycles. The van der Waals surface area contributed by atoms with Gasteiger partial charge in [-0.3, -0.25) is 0 Å². The molecule has 0 saturated carbocycles. The van der Waals surface area contributed by atoms with Gasteiger partial charge in [0.15, 0.2) is 17.3 Å². The summed E-state index contributed by atoms with van der Waals surface area (Å²) in [6.45, 7) is 0. The van der Waals surface area contributed by atoms with E-state index >= 15 is 0 Å². The monoisotopic (exact) mass is 396 g/mol. The Morgan fingerprint density at radius 3 is 2.10 bits per heavy atom. The van der Waals surface area contributed by atoms with E-state index in [0.29, 0.717) is 5.52 Å². The first-order chi connectivity index (χ1) is 9.49. The summed E-state index contributed by atoms with van der Waals surface area (Å²) in [6.07, 6.45) is 0. The second kappa shape index (κ2) is 4.55. The Kier molecular flexibility index (Phi) is 3.36. The van der Waals surface area contributed by atoms with Crippen LogP contribution in [-0.2, 0) is 3.79 Å². The number of hydrogen-bond acceptors (Lipinski definition) is 3. The molecule has 0 amide bonds. The van der Waals surface area contributed by atoms with Gasteiger partial charge in [0.25, 0.3) is 0 Å². The zero-order chi connectivity index (χ0) is 15.6. The van der Waals surface area contributed by atoms with Gasteiger partial charge in [0, 0.05) is 12.1 Å². The van der Waals surface area contributed by atoms with Gasteiger partial charge in [-0.15, -0.1) is 0 Å². The summed E-state index contributed by atoms with van der Waals surface area (Å²) in [4.78, 5) is 6.70. The first kappa shape index (κ1) is 15.5. The van der Waals surface area contributed by atoms with Gasteiger partial charge in [-0.05, 0) is 23.2 Å². The highest BCUT2D eigenvalue weighted by Crippen LogP contribution is 2.50. The van der Waals surface area contributed by atoms with E-state index in [0.717, 1.165) is 0 Å². The minimum absolute atomic E-state index is 0.0135. The van der Waals surface area contributed by atoms with Crippen LogP contribution >= 0.6 is 58.0 Å². The molecule has 114 valence electrons. The van der Waals surface area contributed by atoms with Gasteiger partial charge in [0.2, 0.25) is 3.79 Å². The number of halogens is 7. The van der Waals surface area contributed by atoms with Crippen LogP contribution < -0.4 is 9.47 Å².